The molecule has 4 aromatic carbocycles. The third kappa shape index (κ3) is 7.54. The molecule has 248 valence electrons. The second-order valence-corrected chi connectivity index (χ2v) is 15.7. The van der Waals surface area contributed by atoms with Crippen molar-refractivity contribution >= 4 is 91.1 Å². The van der Waals surface area contributed by atoms with Gasteiger partial charge < -0.3 is 10.8 Å². The zero-order valence-corrected chi connectivity index (χ0v) is 26.4. The Balaban J connectivity index is 1.89. The number of phenolic OH excluding ortho intramolecular Hbond substituents is 1. The molecule has 0 atom stereocenters. The number of nitrogens with two attached hydrogens (primary N) is 1. The summed E-state index contributed by atoms with van der Waals surface area (Å²) in [7, 11) is -19.2. The van der Waals surface area contributed by atoms with E-state index in [1.807, 2.05) is 0 Å². The van der Waals surface area contributed by atoms with Crippen LogP contribution in [0.1, 0.15) is 0 Å². The highest BCUT2D eigenvalue weighted by Gasteiger charge is 2.25. The summed E-state index contributed by atoms with van der Waals surface area (Å²) in [4.78, 5) is -3.02. The number of benzene rings is 4. The molecule has 7 N–H and O–H groups in total. The zero-order valence-electron chi connectivity index (χ0n) is 22.3. The number of nitrogens with zero attached hydrogens (tertiary/aromatic N) is 2. The fourth-order valence-electron chi connectivity index (χ4n) is 4.17. The Morgan fingerprint density at radius 1 is 0.783 bits per heavy atom. The monoisotopic (exact) mass is 741 g/mol. The Bertz CT molecular complexity index is 2340. The van der Waals surface area contributed by atoms with Crippen LogP contribution in [0.5, 0.6) is 5.75 Å². The van der Waals surface area contributed by atoms with Crippen molar-refractivity contribution in [2.24, 2.45) is 10.2 Å². The Labute approximate surface area is 263 Å². The number of rotatable bonds is 12. The van der Waals surface area contributed by atoms with Crippen molar-refractivity contribution in [2.75, 3.05) is 18.1 Å². The zero-order chi connectivity index (χ0) is 34.2. The minimum atomic E-state index is -5.13. The summed E-state index contributed by atoms with van der Waals surface area (Å²) < 4.78 is 135. The number of sulfone groups is 1. The van der Waals surface area contributed by atoms with E-state index in [9.17, 15) is 52.4 Å². The number of phenols is 1. The second-order valence-electron chi connectivity index (χ2n) is 8.95. The molecule has 24 heteroatoms. The van der Waals surface area contributed by atoms with Crippen molar-refractivity contribution in [2.45, 2.75) is 19.6 Å². The average Bonchev–Trinajstić information content (AvgIpc) is 2.94. The first kappa shape index (κ1) is 35.3. The molecule has 4 rings (SSSR count). The Hall–Kier alpha value is -3.53. The van der Waals surface area contributed by atoms with E-state index in [1.54, 1.807) is 0 Å². The summed E-state index contributed by atoms with van der Waals surface area (Å²) in [5.74, 6) is -1.47. The number of anilines is 1. The second kappa shape index (κ2) is 12.9. The molecule has 0 heterocycles. The van der Waals surface area contributed by atoms with Gasteiger partial charge in [-0.2, -0.15) is 25.3 Å². The highest BCUT2D eigenvalue weighted by molar-refractivity contribution is 7.91. The smallest absolute Gasteiger partial charge is 0.297 e. The number of fused-ring (bicyclic) bond motifs is 2. The maximum Gasteiger partial charge on any atom is 0.297 e. The normalized spacial score (nSPS) is 13.2. The molecule has 0 radical (unpaired) electrons. The van der Waals surface area contributed by atoms with Crippen molar-refractivity contribution < 1.29 is 71.2 Å². The molecule has 46 heavy (non-hydrogen) atoms. The third-order valence-electron chi connectivity index (χ3n) is 6.08. The van der Waals surface area contributed by atoms with Gasteiger partial charge in [0.1, 0.15) is 26.9 Å². The molecule has 0 saturated heterocycles. The van der Waals surface area contributed by atoms with E-state index in [2.05, 4.69) is 19.6 Å². The summed E-state index contributed by atoms with van der Waals surface area (Å²) in [6.07, 6.45) is 0. The van der Waals surface area contributed by atoms with Crippen LogP contribution >= 0.6 is 12.3 Å². The van der Waals surface area contributed by atoms with Gasteiger partial charge >= 0.3 is 0 Å². The van der Waals surface area contributed by atoms with Gasteiger partial charge in [0, 0.05) is 11.5 Å². The van der Waals surface area contributed by atoms with Gasteiger partial charge in [0.2, 0.25) is 0 Å². The van der Waals surface area contributed by atoms with Crippen molar-refractivity contribution in [3.05, 3.63) is 48.5 Å². The maximum absolute atomic E-state index is 12.7. The molecule has 0 amide bonds. The third-order valence-corrected chi connectivity index (χ3v) is 10.8. The molecule has 19 nitrogen and oxygen atoms in total. The number of azo groups is 1. The highest BCUT2D eigenvalue weighted by atomic mass is 32.2. The number of hydrogen-bond acceptors (Lipinski definition) is 17. The van der Waals surface area contributed by atoms with Crippen LogP contribution in [0, 0.1) is 0 Å². The molecule has 0 aromatic heterocycles. The molecule has 0 unspecified atom stereocenters. The standard InChI is InChI=1S/C22H19N3O16S5/c23-20-18(45(33,34)35)9-12-8-14(44(30,31)32)10-17(26)19(12)21(20)25-24-16-4-1-11-7-13(2-3-15(11)22(16)46(36,37)38)43(28,29)6-5-39-42-41-40-27/h1-4,7-10,26-27H,5-6,23H2,(H,30,31,32)(H,33,34,35)(H,36,37,38). The average molecular weight is 742 g/mol. The van der Waals surface area contributed by atoms with Gasteiger partial charge in [-0.15, -0.1) is 14.6 Å². The Morgan fingerprint density at radius 3 is 2.07 bits per heavy atom. The fraction of sp³-hybridized carbons (Fsp3) is 0.0909. The van der Waals surface area contributed by atoms with Crippen LogP contribution in [0.4, 0.5) is 17.1 Å². The van der Waals surface area contributed by atoms with Crippen molar-refractivity contribution in [3.63, 3.8) is 0 Å². The van der Waals surface area contributed by atoms with E-state index in [-0.39, 0.29) is 28.0 Å². The summed E-state index contributed by atoms with van der Waals surface area (Å²) in [5.41, 5.74) is 3.81. The van der Waals surface area contributed by atoms with Crippen molar-refractivity contribution in [1.82, 2.24) is 0 Å². The minimum Gasteiger partial charge on any atom is -0.507 e. The lowest BCUT2D eigenvalue weighted by Gasteiger charge is -2.13. The summed E-state index contributed by atoms with van der Waals surface area (Å²) in [6.45, 7) is -0.409. The van der Waals surface area contributed by atoms with Crippen LogP contribution < -0.4 is 5.73 Å². The van der Waals surface area contributed by atoms with Gasteiger partial charge in [-0.1, -0.05) is 17.2 Å². The topological polar surface area (TPSA) is 316 Å². The largest absolute Gasteiger partial charge is 0.507 e. The van der Waals surface area contributed by atoms with E-state index in [0.717, 1.165) is 30.3 Å². The molecule has 0 bridgehead atoms. The lowest BCUT2D eigenvalue weighted by atomic mass is 10.1. The van der Waals surface area contributed by atoms with Crippen LogP contribution in [0.25, 0.3) is 21.5 Å². The number of nitrogen functional groups attached to an aromatic ring is 1. The predicted molar refractivity (Wildman–Crippen MR) is 158 cm³/mol. The summed E-state index contributed by atoms with van der Waals surface area (Å²) in [5, 5.41) is 28.3. The van der Waals surface area contributed by atoms with Crippen LogP contribution in [-0.4, -0.2) is 70.1 Å². The van der Waals surface area contributed by atoms with Crippen LogP contribution in [-0.2, 0) is 53.7 Å². The molecular formula is C22H19N3O16S5. The minimum absolute atomic E-state index is 0.00585. The highest BCUT2D eigenvalue weighted by Crippen LogP contribution is 2.44. The van der Waals surface area contributed by atoms with Crippen LogP contribution in [0.15, 0.2) is 78.3 Å². The maximum atomic E-state index is 12.7. The predicted octanol–water partition coefficient (Wildman–Crippen LogP) is 3.21. The van der Waals surface area contributed by atoms with Crippen LogP contribution in [0.3, 0.4) is 0 Å². The first-order chi connectivity index (χ1) is 21.3. The molecule has 0 aliphatic carbocycles. The number of aromatic hydroxyl groups is 1. The lowest BCUT2D eigenvalue weighted by Crippen LogP contribution is -2.11. The summed E-state index contributed by atoms with van der Waals surface area (Å²) >= 11 is 0.158. The van der Waals surface area contributed by atoms with Crippen molar-refractivity contribution in [1.29, 1.82) is 0 Å². The molecular weight excluding hydrogens is 723 g/mol. The van der Waals surface area contributed by atoms with Gasteiger partial charge in [-0.05, 0) is 41.1 Å². The Morgan fingerprint density at radius 2 is 1.46 bits per heavy atom. The number of hydrogen-bond donors (Lipinski definition) is 6. The molecule has 0 fully saturated rings. The van der Waals surface area contributed by atoms with E-state index < -0.39 is 101 Å². The summed E-state index contributed by atoms with van der Waals surface area (Å²) in [6, 6.07) is 7.37. The van der Waals surface area contributed by atoms with Gasteiger partial charge in [-0.25, -0.2) is 13.7 Å². The molecule has 4 aromatic rings. The SMILES string of the molecule is Nc1c(S(=O)(=O)O)cc2cc(S(=O)(=O)O)cc(O)c2c1N=Nc1ccc2cc(S(=O)(=O)CCOSOOO)ccc2c1S(=O)(=O)O. The molecule has 0 spiro atoms. The fourth-order valence-corrected chi connectivity index (χ4v) is 7.64. The molecule has 0 aliphatic rings. The van der Waals surface area contributed by atoms with E-state index in [1.165, 1.54) is 6.07 Å². The van der Waals surface area contributed by atoms with Gasteiger partial charge in [0.05, 0.1) is 33.2 Å². The molecule has 0 aliphatic heterocycles. The first-order valence-corrected chi connectivity index (χ1v) is 18.4. The van der Waals surface area contributed by atoms with E-state index in [0.29, 0.717) is 12.1 Å². The van der Waals surface area contributed by atoms with E-state index >= 15 is 0 Å². The van der Waals surface area contributed by atoms with Gasteiger partial charge in [0.15, 0.2) is 22.2 Å². The molecule has 0 saturated carbocycles. The van der Waals surface area contributed by atoms with Crippen molar-refractivity contribution in [3.8, 4) is 5.75 Å². The van der Waals surface area contributed by atoms with Gasteiger partial charge in [0.25, 0.3) is 30.4 Å². The first-order valence-electron chi connectivity index (χ1n) is 11.7. The van der Waals surface area contributed by atoms with E-state index in [4.69, 9.17) is 15.2 Å². The quantitative estimate of drug-likeness (QED) is 0.0231. The van der Waals surface area contributed by atoms with Crippen LogP contribution in [0.2, 0.25) is 0 Å². The van der Waals surface area contributed by atoms with Gasteiger partial charge in [-0.3, -0.25) is 17.8 Å². The Kier molecular flexibility index (Phi) is 9.93. The lowest BCUT2D eigenvalue weighted by molar-refractivity contribution is -0.434.